The fourth-order valence-electron chi connectivity index (χ4n) is 4.30. The van der Waals surface area contributed by atoms with E-state index >= 15 is 0 Å². The number of para-hydroxylation sites is 1. The van der Waals surface area contributed by atoms with E-state index in [2.05, 4.69) is 0 Å². The maximum absolute atomic E-state index is 13.2. The largest absolute Gasteiger partial charge is 0.463 e. The quantitative estimate of drug-likeness (QED) is 0.307. The van der Waals surface area contributed by atoms with E-state index in [1.165, 1.54) is 19.1 Å². The zero-order valence-corrected chi connectivity index (χ0v) is 23.4. The lowest BCUT2D eigenvalue weighted by Gasteiger charge is -2.43. The van der Waals surface area contributed by atoms with E-state index in [-0.39, 0.29) is 18.3 Å². The standard InChI is InChI=1S/C29H33NO11/c1-6-30(22-10-8-7-9-11-22)28(35)21-12-14-23(15-13-21)40-29-27(39-20(5)34)26(38-19(4)33)25(37-18(3)32)24(41-29)16-36-17(2)31/h7-15,24-27,29H,6,16H2,1-5H3. The second-order valence-electron chi connectivity index (χ2n) is 9.09. The lowest BCUT2D eigenvalue weighted by molar-refractivity contribution is -0.288. The minimum absolute atomic E-state index is 0.224. The Morgan fingerprint density at radius 2 is 1.29 bits per heavy atom. The fraction of sp³-hybridized carbons (Fsp3) is 0.414. The van der Waals surface area contributed by atoms with Crippen LogP contribution >= 0.6 is 0 Å². The Bertz CT molecular complexity index is 1230. The van der Waals surface area contributed by atoms with Gasteiger partial charge in [-0.1, -0.05) is 18.2 Å². The summed E-state index contributed by atoms with van der Waals surface area (Å²) in [6.45, 7) is 6.53. The molecule has 2 aromatic carbocycles. The van der Waals surface area contributed by atoms with E-state index in [4.69, 9.17) is 28.4 Å². The summed E-state index contributed by atoms with van der Waals surface area (Å²) in [7, 11) is 0. The maximum Gasteiger partial charge on any atom is 0.303 e. The highest BCUT2D eigenvalue weighted by Gasteiger charge is 2.53. The molecule has 0 aliphatic carbocycles. The monoisotopic (exact) mass is 571 g/mol. The molecule has 1 saturated heterocycles. The number of benzene rings is 2. The molecule has 0 bridgehead atoms. The number of amides is 1. The molecule has 2 aromatic rings. The van der Waals surface area contributed by atoms with Gasteiger partial charge in [-0.15, -0.1) is 0 Å². The van der Waals surface area contributed by atoms with Gasteiger partial charge in [0.15, 0.2) is 12.2 Å². The van der Waals surface area contributed by atoms with Gasteiger partial charge in [0.05, 0.1) is 0 Å². The molecule has 1 amide bonds. The Hall–Kier alpha value is -4.45. The van der Waals surface area contributed by atoms with Crippen molar-refractivity contribution in [3.63, 3.8) is 0 Å². The average molecular weight is 572 g/mol. The van der Waals surface area contributed by atoms with Crippen LogP contribution in [0, 0.1) is 0 Å². The normalized spacial score (nSPS) is 21.6. The third-order valence-corrected chi connectivity index (χ3v) is 5.93. The number of carbonyl (C=O) groups excluding carboxylic acids is 5. The molecule has 220 valence electrons. The molecule has 0 saturated carbocycles. The number of hydrogen-bond acceptors (Lipinski definition) is 11. The molecule has 0 radical (unpaired) electrons. The van der Waals surface area contributed by atoms with Crippen molar-refractivity contribution in [2.45, 2.75) is 65.3 Å². The van der Waals surface area contributed by atoms with Crippen molar-refractivity contribution in [1.29, 1.82) is 0 Å². The van der Waals surface area contributed by atoms with Crippen LogP contribution in [0.3, 0.4) is 0 Å². The summed E-state index contributed by atoms with van der Waals surface area (Å²) in [4.78, 5) is 62.2. The predicted octanol–water partition coefficient (Wildman–Crippen LogP) is 2.82. The van der Waals surface area contributed by atoms with Gasteiger partial charge in [0.2, 0.25) is 12.4 Å². The third kappa shape index (κ3) is 8.52. The SMILES string of the molecule is CCN(C(=O)c1ccc(OC2OC(COC(C)=O)C(OC(C)=O)C(OC(C)=O)C2OC(C)=O)cc1)c1ccccc1. The first-order valence-corrected chi connectivity index (χ1v) is 12.9. The van der Waals surface area contributed by atoms with Gasteiger partial charge in [0.1, 0.15) is 18.5 Å². The van der Waals surface area contributed by atoms with Crippen molar-refractivity contribution in [2.75, 3.05) is 18.1 Å². The summed E-state index contributed by atoms with van der Waals surface area (Å²) in [5.41, 5.74) is 1.14. The number of rotatable bonds is 10. The van der Waals surface area contributed by atoms with Crippen molar-refractivity contribution in [3.05, 3.63) is 60.2 Å². The fourth-order valence-corrected chi connectivity index (χ4v) is 4.30. The lowest BCUT2D eigenvalue weighted by Crippen LogP contribution is -2.63. The number of ether oxygens (including phenoxy) is 6. The minimum atomic E-state index is -1.38. The predicted molar refractivity (Wildman–Crippen MR) is 143 cm³/mol. The van der Waals surface area contributed by atoms with Gasteiger partial charge in [-0.05, 0) is 43.3 Å². The smallest absolute Gasteiger partial charge is 0.303 e. The number of esters is 4. The first kappa shape index (κ1) is 31.1. The van der Waals surface area contributed by atoms with Gasteiger partial charge in [0.25, 0.3) is 5.91 Å². The number of anilines is 1. The van der Waals surface area contributed by atoms with E-state index in [1.54, 1.807) is 17.0 Å². The minimum Gasteiger partial charge on any atom is -0.463 e. The molecule has 0 aromatic heterocycles. The first-order chi connectivity index (χ1) is 19.5. The number of nitrogens with zero attached hydrogens (tertiary/aromatic N) is 1. The van der Waals surface area contributed by atoms with E-state index in [0.717, 1.165) is 26.5 Å². The Balaban J connectivity index is 1.90. The van der Waals surface area contributed by atoms with Crippen LogP contribution in [-0.4, -0.2) is 73.6 Å². The molecule has 0 N–H and O–H groups in total. The van der Waals surface area contributed by atoms with Crippen LogP contribution < -0.4 is 9.64 Å². The highest BCUT2D eigenvalue weighted by molar-refractivity contribution is 6.06. The van der Waals surface area contributed by atoms with Crippen LogP contribution in [0.1, 0.15) is 45.0 Å². The molecule has 5 atom stereocenters. The first-order valence-electron chi connectivity index (χ1n) is 12.9. The van der Waals surface area contributed by atoms with Gasteiger partial charge in [-0.3, -0.25) is 24.0 Å². The van der Waals surface area contributed by atoms with Crippen molar-refractivity contribution in [2.24, 2.45) is 0 Å². The Morgan fingerprint density at radius 3 is 1.83 bits per heavy atom. The Labute approximate surface area is 237 Å². The number of hydrogen-bond donors (Lipinski definition) is 0. The van der Waals surface area contributed by atoms with Crippen LogP contribution in [0.25, 0.3) is 0 Å². The molecule has 41 heavy (non-hydrogen) atoms. The second kappa shape index (κ2) is 14.3. The molecular weight excluding hydrogens is 538 g/mol. The number of carbonyl (C=O) groups is 5. The third-order valence-electron chi connectivity index (χ3n) is 5.93. The zero-order valence-electron chi connectivity index (χ0n) is 23.4. The van der Waals surface area contributed by atoms with Crippen molar-refractivity contribution >= 4 is 35.5 Å². The van der Waals surface area contributed by atoms with Crippen LogP contribution in [0.2, 0.25) is 0 Å². The Morgan fingerprint density at radius 1 is 0.732 bits per heavy atom. The summed E-state index contributed by atoms with van der Waals surface area (Å²) < 4.78 is 33.2. The molecule has 0 spiro atoms. The van der Waals surface area contributed by atoms with Gasteiger partial charge in [-0.25, -0.2) is 0 Å². The van der Waals surface area contributed by atoms with Gasteiger partial charge >= 0.3 is 23.9 Å². The van der Waals surface area contributed by atoms with E-state index < -0.39 is 54.6 Å². The second-order valence-corrected chi connectivity index (χ2v) is 9.09. The average Bonchev–Trinajstić information content (AvgIpc) is 2.91. The van der Waals surface area contributed by atoms with Crippen LogP contribution in [-0.2, 0) is 42.9 Å². The molecule has 5 unspecified atom stereocenters. The molecule has 12 nitrogen and oxygen atoms in total. The molecule has 1 fully saturated rings. The molecule has 12 heteroatoms. The van der Waals surface area contributed by atoms with Crippen LogP contribution in [0.15, 0.2) is 54.6 Å². The summed E-state index contributed by atoms with van der Waals surface area (Å²) >= 11 is 0. The highest BCUT2D eigenvalue weighted by Crippen LogP contribution is 2.31. The molecule has 1 heterocycles. The maximum atomic E-state index is 13.2. The van der Waals surface area contributed by atoms with Crippen LogP contribution in [0.5, 0.6) is 5.75 Å². The van der Waals surface area contributed by atoms with E-state index in [1.807, 2.05) is 37.3 Å². The molecule has 1 aliphatic heterocycles. The van der Waals surface area contributed by atoms with E-state index in [9.17, 15) is 24.0 Å². The Kier molecular flexibility index (Phi) is 10.8. The van der Waals surface area contributed by atoms with Crippen LogP contribution in [0.4, 0.5) is 5.69 Å². The lowest BCUT2D eigenvalue weighted by atomic mass is 9.98. The molecule has 1 aliphatic rings. The van der Waals surface area contributed by atoms with Crippen molar-refractivity contribution < 1.29 is 52.4 Å². The van der Waals surface area contributed by atoms with Crippen molar-refractivity contribution in [3.8, 4) is 5.75 Å². The molecular formula is C29H33NO11. The summed E-state index contributed by atoms with van der Waals surface area (Å²) in [5.74, 6) is -2.86. The van der Waals surface area contributed by atoms with Gasteiger partial charge in [-0.2, -0.15) is 0 Å². The van der Waals surface area contributed by atoms with E-state index in [0.29, 0.717) is 12.1 Å². The summed E-state index contributed by atoms with van der Waals surface area (Å²) in [6, 6.07) is 15.4. The van der Waals surface area contributed by atoms with Gasteiger partial charge in [0, 0.05) is 45.5 Å². The summed E-state index contributed by atoms with van der Waals surface area (Å²) in [5, 5.41) is 0. The molecule has 3 rings (SSSR count). The zero-order chi connectivity index (χ0) is 30.1. The summed E-state index contributed by atoms with van der Waals surface area (Å²) in [6.07, 6.45) is -6.55. The topological polar surface area (TPSA) is 144 Å². The van der Waals surface area contributed by atoms with Gasteiger partial charge < -0.3 is 33.3 Å². The van der Waals surface area contributed by atoms with Crippen molar-refractivity contribution in [1.82, 2.24) is 0 Å². The highest BCUT2D eigenvalue weighted by atomic mass is 16.7.